The molecule has 2 aliphatic rings. The normalized spacial score (nSPS) is 27.4. The van der Waals surface area contributed by atoms with Crippen molar-refractivity contribution in [2.45, 2.75) is 38.3 Å². The smallest absolute Gasteiger partial charge is 0.127 e. The third-order valence-corrected chi connectivity index (χ3v) is 6.52. The Morgan fingerprint density at radius 1 is 1.11 bits per heavy atom. The van der Waals surface area contributed by atoms with Gasteiger partial charge in [0.25, 0.3) is 0 Å². The van der Waals surface area contributed by atoms with Gasteiger partial charge in [0.05, 0.1) is 19.9 Å². The van der Waals surface area contributed by atoms with Crippen LogP contribution in [-0.2, 0) is 12.1 Å². The molecular formula is C23H30N2O3. The van der Waals surface area contributed by atoms with Gasteiger partial charge in [-0.2, -0.15) is 0 Å². The van der Waals surface area contributed by atoms with E-state index in [0.29, 0.717) is 0 Å². The molecule has 0 spiro atoms. The summed E-state index contributed by atoms with van der Waals surface area (Å²) in [6.45, 7) is 4.60. The van der Waals surface area contributed by atoms with E-state index in [0.717, 1.165) is 60.8 Å². The molecule has 5 nitrogen and oxygen atoms in total. The minimum Gasteiger partial charge on any atom is -0.497 e. The number of benzene rings is 1. The molecule has 1 aromatic heterocycles. The van der Waals surface area contributed by atoms with E-state index < -0.39 is 5.60 Å². The summed E-state index contributed by atoms with van der Waals surface area (Å²) in [7, 11) is 3.37. The first-order valence-electron chi connectivity index (χ1n) is 10.1. The van der Waals surface area contributed by atoms with Gasteiger partial charge >= 0.3 is 0 Å². The van der Waals surface area contributed by atoms with Crippen molar-refractivity contribution in [2.24, 2.45) is 11.8 Å². The first kappa shape index (κ1) is 19.2. The molecule has 1 saturated heterocycles. The topological polar surface area (TPSA) is 54.8 Å². The lowest BCUT2D eigenvalue weighted by Crippen LogP contribution is -2.58. The molecule has 1 N–H and O–H groups in total. The van der Waals surface area contributed by atoms with Crippen LogP contribution < -0.4 is 9.47 Å². The number of aryl methyl sites for hydroxylation is 1. The van der Waals surface area contributed by atoms with Crippen LogP contribution in [0.3, 0.4) is 0 Å². The average Bonchev–Trinajstić information content (AvgIpc) is 2.69. The predicted octanol–water partition coefficient (Wildman–Crippen LogP) is 3.53. The Kier molecular flexibility index (Phi) is 5.30. The molecule has 4 rings (SSSR count). The summed E-state index contributed by atoms with van der Waals surface area (Å²) in [6, 6.07) is 10.1. The maximum absolute atomic E-state index is 11.7. The Hall–Kier alpha value is -2.11. The largest absolute Gasteiger partial charge is 0.497 e. The van der Waals surface area contributed by atoms with Gasteiger partial charge in [-0.15, -0.1) is 0 Å². The van der Waals surface area contributed by atoms with E-state index in [4.69, 9.17) is 9.47 Å². The van der Waals surface area contributed by atoms with Crippen LogP contribution in [0, 0.1) is 18.8 Å². The van der Waals surface area contributed by atoms with E-state index in [1.807, 2.05) is 31.3 Å². The minimum absolute atomic E-state index is 0.208. The number of fused-ring (bicyclic) bond motifs is 2. The second kappa shape index (κ2) is 7.72. The molecular weight excluding hydrogens is 352 g/mol. The molecule has 1 aliphatic heterocycles. The van der Waals surface area contributed by atoms with E-state index in [-0.39, 0.29) is 11.8 Å². The number of hydrogen-bond acceptors (Lipinski definition) is 5. The van der Waals surface area contributed by atoms with Crippen LogP contribution in [-0.4, -0.2) is 42.3 Å². The molecule has 1 aromatic carbocycles. The number of nitrogens with zero attached hydrogens (tertiary/aromatic N) is 2. The van der Waals surface area contributed by atoms with Crippen LogP contribution in [0.15, 0.2) is 36.5 Å². The molecule has 2 bridgehead atoms. The molecule has 1 aliphatic carbocycles. The quantitative estimate of drug-likeness (QED) is 0.857. The molecule has 1 saturated carbocycles. The van der Waals surface area contributed by atoms with Gasteiger partial charge in [-0.3, -0.25) is 9.88 Å². The molecule has 28 heavy (non-hydrogen) atoms. The van der Waals surface area contributed by atoms with Crippen LogP contribution in [0.25, 0.3) is 0 Å². The highest BCUT2D eigenvalue weighted by Crippen LogP contribution is 2.49. The van der Waals surface area contributed by atoms with Gasteiger partial charge in [-0.05, 0) is 37.5 Å². The van der Waals surface area contributed by atoms with Gasteiger partial charge in [0.15, 0.2) is 0 Å². The zero-order valence-corrected chi connectivity index (χ0v) is 17.0. The maximum atomic E-state index is 11.7. The number of aliphatic hydroxyl groups is 1. The van der Waals surface area contributed by atoms with Crippen LogP contribution in [0.2, 0.25) is 0 Å². The fourth-order valence-electron chi connectivity index (χ4n) is 5.02. The Labute approximate surface area is 167 Å². The Morgan fingerprint density at radius 2 is 1.86 bits per heavy atom. The van der Waals surface area contributed by atoms with Gasteiger partial charge in [0.1, 0.15) is 17.1 Å². The zero-order valence-electron chi connectivity index (χ0n) is 17.0. The van der Waals surface area contributed by atoms with Crippen molar-refractivity contribution in [1.82, 2.24) is 9.88 Å². The number of methoxy groups -OCH3 is 2. The molecule has 2 aromatic rings. The van der Waals surface area contributed by atoms with Gasteiger partial charge in [-0.1, -0.05) is 18.6 Å². The van der Waals surface area contributed by atoms with Crippen LogP contribution in [0.1, 0.15) is 36.1 Å². The fourth-order valence-corrected chi connectivity index (χ4v) is 5.02. The van der Waals surface area contributed by atoms with Crippen molar-refractivity contribution < 1.29 is 14.6 Å². The van der Waals surface area contributed by atoms with Gasteiger partial charge in [0.2, 0.25) is 0 Å². The van der Waals surface area contributed by atoms with E-state index in [9.17, 15) is 5.11 Å². The summed E-state index contributed by atoms with van der Waals surface area (Å²) in [6.07, 6.45) is 5.14. The number of likely N-dealkylation sites (tertiary alicyclic amines) is 1. The van der Waals surface area contributed by atoms with E-state index >= 15 is 0 Å². The van der Waals surface area contributed by atoms with Crippen molar-refractivity contribution in [2.75, 3.05) is 27.3 Å². The molecule has 0 amide bonds. The highest BCUT2D eigenvalue weighted by molar-refractivity contribution is 5.40. The van der Waals surface area contributed by atoms with E-state index in [2.05, 4.69) is 22.0 Å². The SMILES string of the molecule is COc1ccc(CN2C[C@H]3CCC[C@@H](C2)C3(O)c2ccc(C)cn2)c(OC)c1. The van der Waals surface area contributed by atoms with Crippen LogP contribution in [0.4, 0.5) is 0 Å². The third-order valence-electron chi connectivity index (χ3n) is 6.52. The Bertz CT molecular complexity index is 807. The number of aromatic nitrogens is 1. The number of pyridine rings is 1. The van der Waals surface area contributed by atoms with Crippen molar-refractivity contribution in [3.8, 4) is 11.5 Å². The van der Waals surface area contributed by atoms with Crippen molar-refractivity contribution in [1.29, 1.82) is 0 Å². The van der Waals surface area contributed by atoms with Crippen molar-refractivity contribution >= 4 is 0 Å². The van der Waals surface area contributed by atoms with Gasteiger partial charge in [-0.25, -0.2) is 0 Å². The summed E-state index contributed by atoms with van der Waals surface area (Å²) < 4.78 is 10.9. The first-order chi connectivity index (χ1) is 13.5. The monoisotopic (exact) mass is 382 g/mol. The van der Waals surface area contributed by atoms with E-state index in [1.165, 1.54) is 6.42 Å². The fraction of sp³-hybridized carbons (Fsp3) is 0.522. The van der Waals surface area contributed by atoms with Crippen LogP contribution >= 0.6 is 0 Å². The Balaban J connectivity index is 1.56. The average molecular weight is 383 g/mol. The van der Waals surface area contributed by atoms with Crippen LogP contribution in [0.5, 0.6) is 11.5 Å². The molecule has 2 fully saturated rings. The van der Waals surface area contributed by atoms with Crippen molar-refractivity contribution in [3.63, 3.8) is 0 Å². The van der Waals surface area contributed by atoms with Crippen molar-refractivity contribution in [3.05, 3.63) is 53.3 Å². The zero-order chi connectivity index (χ0) is 19.7. The number of piperidine rings is 1. The molecule has 0 radical (unpaired) electrons. The van der Waals surface area contributed by atoms with E-state index in [1.54, 1.807) is 14.2 Å². The summed E-state index contributed by atoms with van der Waals surface area (Å²) in [5.74, 6) is 2.07. The summed E-state index contributed by atoms with van der Waals surface area (Å²) >= 11 is 0. The predicted molar refractivity (Wildman–Crippen MR) is 109 cm³/mol. The molecule has 5 heteroatoms. The van der Waals surface area contributed by atoms with Gasteiger partial charge < -0.3 is 14.6 Å². The number of hydrogen-bond donors (Lipinski definition) is 1. The lowest BCUT2D eigenvalue weighted by Gasteiger charge is -2.52. The third kappa shape index (κ3) is 3.38. The summed E-state index contributed by atoms with van der Waals surface area (Å²) in [5.41, 5.74) is 2.31. The minimum atomic E-state index is -0.813. The highest BCUT2D eigenvalue weighted by Gasteiger charge is 2.52. The Morgan fingerprint density at radius 3 is 2.46 bits per heavy atom. The van der Waals surface area contributed by atoms with Gasteiger partial charge in [0, 0.05) is 49.3 Å². The molecule has 1 unspecified atom stereocenters. The highest BCUT2D eigenvalue weighted by atomic mass is 16.5. The summed E-state index contributed by atoms with van der Waals surface area (Å²) in [5, 5.41) is 11.7. The number of rotatable bonds is 5. The first-order valence-corrected chi connectivity index (χ1v) is 10.1. The number of ether oxygens (including phenoxy) is 2. The molecule has 3 atom stereocenters. The second-order valence-corrected chi connectivity index (χ2v) is 8.24. The standard InChI is InChI=1S/C23H30N2O3/c1-16-7-10-22(24-12-16)23(26)18-5-4-6-19(23)15-25(14-18)13-17-8-9-20(27-2)11-21(17)28-3/h7-12,18-19,26H,4-6,13-15H2,1-3H3/t18-,19+,23?. The summed E-state index contributed by atoms with van der Waals surface area (Å²) in [4.78, 5) is 7.07. The lowest BCUT2D eigenvalue weighted by atomic mass is 9.64. The lowest BCUT2D eigenvalue weighted by molar-refractivity contribution is -0.151. The second-order valence-electron chi connectivity index (χ2n) is 8.24. The molecule has 2 heterocycles. The molecule has 150 valence electrons. The maximum Gasteiger partial charge on any atom is 0.127 e.